The van der Waals surface area contributed by atoms with Crippen molar-refractivity contribution in [3.63, 3.8) is 0 Å². The van der Waals surface area contributed by atoms with Gasteiger partial charge in [-0.25, -0.2) is 5.48 Å². The maximum Gasteiger partial charge on any atom is 0.274 e. The van der Waals surface area contributed by atoms with E-state index in [1.165, 1.54) is 12.0 Å². The minimum atomic E-state index is -0.602. The molecule has 2 heterocycles. The summed E-state index contributed by atoms with van der Waals surface area (Å²) in [6.07, 6.45) is 4.75. The molecule has 1 spiro atoms. The summed E-state index contributed by atoms with van der Waals surface area (Å²) >= 11 is 0. The maximum absolute atomic E-state index is 13.6. The molecule has 31 heavy (non-hydrogen) atoms. The minimum Gasteiger partial charge on any atom is -0.491 e. The van der Waals surface area contributed by atoms with E-state index >= 15 is 0 Å². The van der Waals surface area contributed by atoms with Crippen molar-refractivity contribution in [1.29, 1.82) is 0 Å². The number of fused-ring (bicyclic) bond motifs is 3. The van der Waals surface area contributed by atoms with Crippen LogP contribution in [0.25, 0.3) is 0 Å². The lowest BCUT2D eigenvalue weighted by Crippen LogP contribution is -2.37. The second kappa shape index (κ2) is 7.98. The largest absolute Gasteiger partial charge is 0.491 e. The SMILES string of the molecule is O=C(NO)c1ccc2c(c1)OCCN(C(=O)C1OC3(CCCCC3)c3ccccc31)C2. The van der Waals surface area contributed by atoms with Crippen LogP contribution < -0.4 is 10.2 Å². The monoisotopic (exact) mass is 422 g/mol. The molecule has 2 aromatic carbocycles. The molecular formula is C24H26N2O5. The van der Waals surface area contributed by atoms with E-state index in [-0.39, 0.29) is 11.5 Å². The van der Waals surface area contributed by atoms with Crippen molar-refractivity contribution in [3.8, 4) is 5.75 Å². The van der Waals surface area contributed by atoms with Gasteiger partial charge in [-0.05, 0) is 36.1 Å². The number of carbonyl (C=O) groups excluding carboxylic acids is 2. The van der Waals surface area contributed by atoms with E-state index < -0.39 is 12.0 Å². The topological polar surface area (TPSA) is 88.1 Å². The number of rotatable bonds is 2. The fourth-order valence-electron chi connectivity index (χ4n) is 5.12. The molecular weight excluding hydrogens is 396 g/mol. The Labute approximate surface area is 180 Å². The van der Waals surface area contributed by atoms with Crippen molar-refractivity contribution >= 4 is 11.8 Å². The number of hydrogen-bond acceptors (Lipinski definition) is 5. The number of hydrogen-bond donors (Lipinski definition) is 2. The van der Waals surface area contributed by atoms with Crippen molar-refractivity contribution in [3.05, 3.63) is 64.7 Å². The fourth-order valence-corrected chi connectivity index (χ4v) is 5.12. The van der Waals surface area contributed by atoms with Crippen LogP contribution in [-0.4, -0.2) is 35.1 Å². The number of nitrogens with one attached hydrogen (secondary N) is 1. The van der Waals surface area contributed by atoms with Crippen LogP contribution in [0.3, 0.4) is 0 Å². The van der Waals surface area contributed by atoms with E-state index in [2.05, 4.69) is 6.07 Å². The van der Waals surface area contributed by atoms with Crippen LogP contribution in [0.5, 0.6) is 5.75 Å². The number of nitrogens with zero attached hydrogens (tertiary/aromatic N) is 1. The van der Waals surface area contributed by atoms with Crippen molar-refractivity contribution in [2.75, 3.05) is 13.2 Å². The molecule has 162 valence electrons. The standard InChI is InChI=1S/C24H26N2O5/c27-22(25-29)16-8-9-17-15-26(12-13-30-20(17)14-16)23(28)21-18-6-2-3-7-19(18)24(31-21)10-4-1-5-11-24/h2-3,6-9,14,21,29H,1,4-5,10-13,15H2,(H,25,27). The van der Waals surface area contributed by atoms with Gasteiger partial charge >= 0.3 is 0 Å². The Hall–Kier alpha value is -2.90. The Bertz CT molecular complexity index is 1010. The van der Waals surface area contributed by atoms with Crippen LogP contribution >= 0.6 is 0 Å². The number of hydroxylamine groups is 1. The Morgan fingerprint density at radius 2 is 1.90 bits per heavy atom. The van der Waals surface area contributed by atoms with Crippen molar-refractivity contribution in [2.45, 2.75) is 50.4 Å². The molecule has 5 rings (SSSR count). The summed E-state index contributed by atoms with van der Waals surface area (Å²) in [5, 5.41) is 8.86. The van der Waals surface area contributed by atoms with Crippen LogP contribution in [0.2, 0.25) is 0 Å². The predicted octanol–water partition coefficient (Wildman–Crippen LogP) is 3.46. The molecule has 0 saturated heterocycles. The lowest BCUT2D eigenvalue weighted by Gasteiger charge is -2.34. The second-order valence-electron chi connectivity index (χ2n) is 8.51. The highest BCUT2D eigenvalue weighted by Gasteiger charge is 2.48. The summed E-state index contributed by atoms with van der Waals surface area (Å²) < 4.78 is 12.4. The highest BCUT2D eigenvalue weighted by molar-refractivity contribution is 5.94. The third kappa shape index (κ3) is 3.47. The van der Waals surface area contributed by atoms with Gasteiger partial charge in [0.1, 0.15) is 12.4 Å². The molecule has 1 fully saturated rings. The van der Waals surface area contributed by atoms with Gasteiger partial charge in [-0.2, -0.15) is 0 Å². The quantitative estimate of drug-likeness (QED) is 0.572. The summed E-state index contributed by atoms with van der Waals surface area (Å²) in [6.45, 7) is 1.14. The third-order valence-electron chi connectivity index (χ3n) is 6.69. The lowest BCUT2D eigenvalue weighted by atomic mass is 9.79. The molecule has 7 heteroatoms. The molecule has 2 N–H and O–H groups in total. The first-order valence-corrected chi connectivity index (χ1v) is 10.9. The summed E-state index contributed by atoms with van der Waals surface area (Å²) in [7, 11) is 0. The zero-order chi connectivity index (χ0) is 21.4. The Morgan fingerprint density at radius 1 is 1.10 bits per heavy atom. The molecule has 0 aromatic heterocycles. The summed E-state index contributed by atoms with van der Waals surface area (Å²) in [4.78, 5) is 27.1. The van der Waals surface area contributed by atoms with Gasteiger partial charge in [0.05, 0.1) is 12.1 Å². The molecule has 0 radical (unpaired) electrons. The highest BCUT2D eigenvalue weighted by Crippen LogP contribution is 2.51. The van der Waals surface area contributed by atoms with Crippen molar-refractivity contribution in [1.82, 2.24) is 10.4 Å². The van der Waals surface area contributed by atoms with Crippen molar-refractivity contribution in [2.24, 2.45) is 0 Å². The Kier molecular flexibility index (Phi) is 5.16. The number of ether oxygens (including phenoxy) is 2. The summed E-state index contributed by atoms with van der Waals surface area (Å²) in [6, 6.07) is 13.1. The van der Waals surface area contributed by atoms with E-state index in [9.17, 15) is 9.59 Å². The summed E-state index contributed by atoms with van der Waals surface area (Å²) in [5.41, 5.74) is 4.55. The van der Waals surface area contributed by atoms with Gasteiger partial charge < -0.3 is 14.4 Å². The average Bonchev–Trinajstić information content (AvgIpc) is 2.97. The zero-order valence-electron chi connectivity index (χ0n) is 17.3. The Morgan fingerprint density at radius 3 is 2.71 bits per heavy atom. The van der Waals surface area contributed by atoms with Crippen molar-refractivity contribution < 1.29 is 24.3 Å². The number of carbonyl (C=O) groups is 2. The smallest absolute Gasteiger partial charge is 0.274 e. The Balaban J connectivity index is 1.41. The van der Waals surface area contributed by atoms with Crippen LogP contribution in [0, 0.1) is 0 Å². The van der Waals surface area contributed by atoms with Gasteiger partial charge in [-0.1, -0.05) is 49.6 Å². The van der Waals surface area contributed by atoms with Gasteiger partial charge in [-0.3, -0.25) is 14.8 Å². The first-order valence-electron chi connectivity index (χ1n) is 10.9. The molecule has 1 saturated carbocycles. The molecule has 2 amide bonds. The minimum absolute atomic E-state index is 0.0523. The fraction of sp³-hybridized carbons (Fsp3) is 0.417. The van der Waals surface area contributed by atoms with E-state index in [0.717, 1.165) is 36.8 Å². The number of benzene rings is 2. The molecule has 1 aliphatic carbocycles. The highest BCUT2D eigenvalue weighted by atomic mass is 16.5. The first kappa shape index (κ1) is 20.0. The molecule has 2 aliphatic heterocycles. The molecule has 7 nitrogen and oxygen atoms in total. The third-order valence-corrected chi connectivity index (χ3v) is 6.69. The lowest BCUT2D eigenvalue weighted by molar-refractivity contribution is -0.159. The van der Waals surface area contributed by atoms with E-state index in [4.69, 9.17) is 14.7 Å². The average molecular weight is 422 g/mol. The second-order valence-corrected chi connectivity index (χ2v) is 8.51. The van der Waals surface area contributed by atoms with Crippen LogP contribution in [0.15, 0.2) is 42.5 Å². The molecule has 1 unspecified atom stereocenters. The van der Waals surface area contributed by atoms with Crippen LogP contribution in [-0.2, 0) is 21.7 Å². The number of amides is 2. The van der Waals surface area contributed by atoms with Gasteiger partial charge in [0.2, 0.25) is 0 Å². The molecule has 0 bridgehead atoms. The van der Waals surface area contributed by atoms with Gasteiger partial charge in [0, 0.05) is 17.7 Å². The van der Waals surface area contributed by atoms with Gasteiger partial charge in [0.15, 0.2) is 6.10 Å². The molecule has 3 aliphatic rings. The van der Waals surface area contributed by atoms with E-state index in [0.29, 0.717) is 31.0 Å². The predicted molar refractivity (Wildman–Crippen MR) is 112 cm³/mol. The molecule has 2 aromatic rings. The van der Waals surface area contributed by atoms with Gasteiger partial charge in [0.25, 0.3) is 11.8 Å². The maximum atomic E-state index is 13.6. The summed E-state index contributed by atoms with van der Waals surface area (Å²) in [5.74, 6) is -0.103. The zero-order valence-corrected chi connectivity index (χ0v) is 17.3. The van der Waals surface area contributed by atoms with E-state index in [1.54, 1.807) is 28.6 Å². The van der Waals surface area contributed by atoms with Crippen LogP contribution in [0.4, 0.5) is 0 Å². The normalized spacial score (nSPS) is 21.6. The van der Waals surface area contributed by atoms with E-state index in [1.807, 2.05) is 18.2 Å². The van der Waals surface area contributed by atoms with Crippen LogP contribution in [0.1, 0.15) is 65.3 Å². The first-order chi connectivity index (χ1) is 15.1. The molecule has 1 atom stereocenters. The van der Waals surface area contributed by atoms with Gasteiger partial charge in [-0.15, -0.1) is 0 Å².